The summed E-state index contributed by atoms with van der Waals surface area (Å²) < 4.78 is 0. The molecule has 4 heteroatoms. The molecule has 1 unspecified atom stereocenters. The number of aromatic nitrogens is 1. The summed E-state index contributed by atoms with van der Waals surface area (Å²) in [6.45, 7) is 0.877. The van der Waals surface area contributed by atoms with Crippen molar-refractivity contribution in [1.29, 1.82) is 0 Å². The van der Waals surface area contributed by atoms with Crippen molar-refractivity contribution >= 4 is 32.7 Å². The molecule has 110 valence electrons. The van der Waals surface area contributed by atoms with Gasteiger partial charge in [0.05, 0.1) is 5.52 Å². The summed E-state index contributed by atoms with van der Waals surface area (Å²) in [4.78, 5) is 19.3. The molecule has 3 nitrogen and oxygen atoms in total. The van der Waals surface area contributed by atoms with E-state index < -0.39 is 0 Å². The minimum Gasteiger partial charge on any atom is -0.336 e. The number of hydrogen-bond donors (Lipinski definition) is 0. The van der Waals surface area contributed by atoms with Gasteiger partial charge in [0.15, 0.2) is 0 Å². The van der Waals surface area contributed by atoms with Crippen LogP contribution in [0.4, 0.5) is 0 Å². The number of carbonyl (C=O) groups is 1. The largest absolute Gasteiger partial charge is 0.336 e. The van der Waals surface area contributed by atoms with Crippen LogP contribution in [0.15, 0.2) is 36.5 Å². The van der Waals surface area contributed by atoms with Crippen molar-refractivity contribution in [2.75, 3.05) is 11.9 Å². The third-order valence-electron chi connectivity index (χ3n) is 4.19. The SMILES string of the molecule is O=C(c1cccc2ncccc12)N1CCCC1CCCBr. The van der Waals surface area contributed by atoms with Gasteiger partial charge in [-0.3, -0.25) is 9.78 Å². The van der Waals surface area contributed by atoms with Crippen molar-refractivity contribution < 1.29 is 4.79 Å². The topological polar surface area (TPSA) is 33.2 Å². The molecule has 0 radical (unpaired) electrons. The second kappa shape index (κ2) is 6.56. The first kappa shape index (κ1) is 14.5. The minimum atomic E-state index is 0.158. The molecular formula is C17H19BrN2O. The highest BCUT2D eigenvalue weighted by atomic mass is 79.9. The van der Waals surface area contributed by atoms with Crippen molar-refractivity contribution in [2.24, 2.45) is 0 Å². The predicted molar refractivity (Wildman–Crippen MR) is 88.8 cm³/mol. The molecule has 1 fully saturated rings. The highest BCUT2D eigenvalue weighted by molar-refractivity contribution is 9.09. The zero-order valence-electron chi connectivity index (χ0n) is 12.0. The number of rotatable bonds is 4. The zero-order valence-corrected chi connectivity index (χ0v) is 13.6. The maximum absolute atomic E-state index is 12.9. The number of carbonyl (C=O) groups excluding carboxylic acids is 1. The average Bonchev–Trinajstić information content (AvgIpc) is 3.00. The van der Waals surface area contributed by atoms with E-state index in [0.717, 1.165) is 54.0 Å². The Balaban J connectivity index is 1.89. The number of hydrogen-bond acceptors (Lipinski definition) is 2. The van der Waals surface area contributed by atoms with Crippen LogP contribution in [0.2, 0.25) is 0 Å². The van der Waals surface area contributed by atoms with Crippen molar-refractivity contribution in [3.63, 3.8) is 0 Å². The minimum absolute atomic E-state index is 0.158. The van der Waals surface area contributed by atoms with Crippen molar-refractivity contribution in [2.45, 2.75) is 31.7 Å². The lowest BCUT2D eigenvalue weighted by molar-refractivity contribution is 0.0732. The Hall–Kier alpha value is -1.42. The van der Waals surface area contributed by atoms with E-state index in [4.69, 9.17) is 0 Å². The second-order valence-corrected chi connectivity index (χ2v) is 6.29. The number of likely N-dealkylation sites (tertiary alicyclic amines) is 1. The number of nitrogens with zero attached hydrogens (tertiary/aromatic N) is 2. The quantitative estimate of drug-likeness (QED) is 0.783. The number of halogens is 1. The normalized spacial score (nSPS) is 18.3. The van der Waals surface area contributed by atoms with Gasteiger partial charge in [0.1, 0.15) is 0 Å². The van der Waals surface area contributed by atoms with E-state index in [1.807, 2.05) is 30.3 Å². The van der Waals surface area contributed by atoms with Crippen LogP contribution in [0.5, 0.6) is 0 Å². The van der Waals surface area contributed by atoms with E-state index >= 15 is 0 Å². The summed E-state index contributed by atoms with van der Waals surface area (Å²) in [6.07, 6.45) is 6.21. The highest BCUT2D eigenvalue weighted by Gasteiger charge is 2.29. The maximum Gasteiger partial charge on any atom is 0.254 e. The average molecular weight is 347 g/mol. The standard InChI is InChI=1S/C17H19BrN2O/c18-10-2-5-13-6-4-12-20(13)17(21)15-7-1-9-16-14(15)8-3-11-19-16/h1,3,7-9,11,13H,2,4-6,10,12H2. The molecule has 1 atom stereocenters. The predicted octanol–water partition coefficient (Wildman–Crippen LogP) is 4.01. The Bertz CT molecular complexity index is 638. The Morgan fingerprint density at radius 2 is 2.24 bits per heavy atom. The van der Waals surface area contributed by atoms with E-state index in [0.29, 0.717) is 6.04 Å². The summed E-state index contributed by atoms with van der Waals surface area (Å²) in [7, 11) is 0. The number of alkyl halides is 1. The second-order valence-electron chi connectivity index (χ2n) is 5.50. The van der Waals surface area contributed by atoms with Gasteiger partial charge in [-0.1, -0.05) is 28.1 Å². The molecule has 1 saturated heterocycles. The fourth-order valence-corrected chi connectivity index (χ4v) is 3.48. The molecule has 0 saturated carbocycles. The lowest BCUT2D eigenvalue weighted by Crippen LogP contribution is -2.35. The van der Waals surface area contributed by atoms with E-state index in [-0.39, 0.29) is 5.91 Å². The third-order valence-corrected chi connectivity index (χ3v) is 4.75. The fourth-order valence-electron chi connectivity index (χ4n) is 3.16. The zero-order chi connectivity index (χ0) is 14.7. The van der Waals surface area contributed by atoms with Gasteiger partial charge in [0.25, 0.3) is 5.91 Å². The van der Waals surface area contributed by atoms with Crippen LogP contribution in [0, 0.1) is 0 Å². The van der Waals surface area contributed by atoms with Gasteiger partial charge in [0, 0.05) is 35.1 Å². The van der Waals surface area contributed by atoms with Gasteiger partial charge in [0.2, 0.25) is 0 Å². The van der Waals surface area contributed by atoms with Crippen molar-refractivity contribution in [1.82, 2.24) is 9.88 Å². The first-order chi connectivity index (χ1) is 10.3. The fraction of sp³-hybridized carbons (Fsp3) is 0.412. The molecule has 0 aliphatic carbocycles. The molecule has 1 aromatic carbocycles. The van der Waals surface area contributed by atoms with Crippen LogP contribution in [-0.4, -0.2) is 33.7 Å². The number of benzene rings is 1. The van der Waals surface area contributed by atoms with Crippen molar-refractivity contribution in [3.8, 4) is 0 Å². The summed E-state index contributed by atoms with van der Waals surface area (Å²) in [5.74, 6) is 0.158. The monoisotopic (exact) mass is 346 g/mol. The van der Waals surface area contributed by atoms with E-state index in [1.54, 1.807) is 6.20 Å². The molecule has 1 amide bonds. The van der Waals surface area contributed by atoms with Gasteiger partial charge in [-0.15, -0.1) is 0 Å². The lowest BCUT2D eigenvalue weighted by atomic mass is 10.1. The van der Waals surface area contributed by atoms with Crippen LogP contribution in [0.25, 0.3) is 10.9 Å². The van der Waals surface area contributed by atoms with E-state index in [2.05, 4.69) is 25.8 Å². The Morgan fingerprint density at radius 1 is 1.33 bits per heavy atom. The number of amides is 1. The molecule has 1 aromatic heterocycles. The first-order valence-electron chi connectivity index (χ1n) is 7.52. The van der Waals surface area contributed by atoms with Crippen LogP contribution in [0.1, 0.15) is 36.0 Å². The van der Waals surface area contributed by atoms with Gasteiger partial charge in [-0.25, -0.2) is 0 Å². The Morgan fingerprint density at radius 3 is 3.10 bits per heavy atom. The number of fused-ring (bicyclic) bond motifs is 1. The maximum atomic E-state index is 12.9. The molecule has 3 rings (SSSR count). The van der Waals surface area contributed by atoms with Crippen LogP contribution < -0.4 is 0 Å². The molecule has 0 spiro atoms. The van der Waals surface area contributed by atoms with Crippen LogP contribution in [0.3, 0.4) is 0 Å². The Labute approximate surface area is 133 Å². The number of pyridine rings is 1. The van der Waals surface area contributed by atoms with Gasteiger partial charge in [-0.2, -0.15) is 0 Å². The lowest BCUT2D eigenvalue weighted by Gasteiger charge is -2.25. The van der Waals surface area contributed by atoms with Gasteiger partial charge >= 0.3 is 0 Å². The molecule has 0 bridgehead atoms. The molecule has 21 heavy (non-hydrogen) atoms. The van der Waals surface area contributed by atoms with Crippen molar-refractivity contribution in [3.05, 3.63) is 42.1 Å². The molecule has 1 aliphatic heterocycles. The molecule has 0 N–H and O–H groups in total. The third kappa shape index (κ3) is 2.95. The Kier molecular flexibility index (Phi) is 4.54. The molecule has 1 aliphatic rings. The molecular weight excluding hydrogens is 328 g/mol. The van der Waals surface area contributed by atoms with Gasteiger partial charge < -0.3 is 4.90 Å². The molecule has 2 aromatic rings. The summed E-state index contributed by atoms with van der Waals surface area (Å²) in [5.41, 5.74) is 1.67. The molecule has 2 heterocycles. The van der Waals surface area contributed by atoms with E-state index in [9.17, 15) is 4.79 Å². The summed E-state index contributed by atoms with van der Waals surface area (Å²) in [5, 5.41) is 1.96. The first-order valence-corrected chi connectivity index (χ1v) is 8.64. The van der Waals surface area contributed by atoms with E-state index in [1.165, 1.54) is 0 Å². The summed E-state index contributed by atoms with van der Waals surface area (Å²) >= 11 is 3.48. The smallest absolute Gasteiger partial charge is 0.254 e. The summed E-state index contributed by atoms with van der Waals surface area (Å²) in [6, 6.07) is 10.1. The van der Waals surface area contributed by atoms with Gasteiger partial charge in [-0.05, 0) is 43.9 Å². The van der Waals surface area contributed by atoms with Crippen LogP contribution >= 0.6 is 15.9 Å². The highest BCUT2D eigenvalue weighted by Crippen LogP contribution is 2.26. The van der Waals surface area contributed by atoms with Crippen LogP contribution in [-0.2, 0) is 0 Å².